The zero-order valence-corrected chi connectivity index (χ0v) is 10.6. The number of hydrogen-bond acceptors (Lipinski definition) is 2. The molecule has 92 valence electrons. The van der Waals surface area contributed by atoms with Crippen LogP contribution in [0.2, 0.25) is 0 Å². The fourth-order valence-electron chi connectivity index (χ4n) is 3.31. The smallest absolute Gasteiger partial charge is 0.167 e. The SMILES string of the molecule is CCC1CCCC(C(=O)C2(C)CCCO2)C1. The molecule has 2 rings (SSSR count). The molecule has 0 radical (unpaired) electrons. The molecule has 0 amide bonds. The first-order valence-corrected chi connectivity index (χ1v) is 6.84. The Hall–Kier alpha value is -0.370. The summed E-state index contributed by atoms with van der Waals surface area (Å²) in [5, 5.41) is 0. The molecule has 2 heteroatoms. The van der Waals surface area contributed by atoms with Gasteiger partial charge >= 0.3 is 0 Å². The third-order valence-electron chi connectivity index (χ3n) is 4.47. The molecule has 1 aliphatic carbocycles. The van der Waals surface area contributed by atoms with Crippen LogP contribution in [0, 0.1) is 11.8 Å². The lowest BCUT2D eigenvalue weighted by Gasteiger charge is -2.32. The average Bonchev–Trinajstić information content (AvgIpc) is 2.76. The Bertz CT molecular complexity index is 253. The van der Waals surface area contributed by atoms with E-state index in [1.165, 1.54) is 19.3 Å². The number of ether oxygens (including phenoxy) is 1. The predicted octanol–water partition coefficient (Wildman–Crippen LogP) is 3.34. The summed E-state index contributed by atoms with van der Waals surface area (Å²) in [7, 11) is 0. The van der Waals surface area contributed by atoms with Crippen LogP contribution in [0.1, 0.15) is 58.8 Å². The van der Waals surface area contributed by atoms with Gasteiger partial charge in [0, 0.05) is 12.5 Å². The Kier molecular flexibility index (Phi) is 3.68. The van der Waals surface area contributed by atoms with E-state index in [4.69, 9.17) is 4.74 Å². The minimum atomic E-state index is -0.444. The van der Waals surface area contributed by atoms with Crippen molar-refractivity contribution in [3.8, 4) is 0 Å². The van der Waals surface area contributed by atoms with Gasteiger partial charge in [-0.15, -0.1) is 0 Å². The highest BCUT2D eigenvalue weighted by molar-refractivity contribution is 5.89. The molecule has 0 bridgehead atoms. The van der Waals surface area contributed by atoms with Gasteiger partial charge in [0.1, 0.15) is 5.60 Å². The third kappa shape index (κ3) is 2.32. The highest BCUT2D eigenvalue weighted by Gasteiger charge is 2.42. The first-order chi connectivity index (χ1) is 7.65. The minimum Gasteiger partial charge on any atom is -0.367 e. The lowest BCUT2D eigenvalue weighted by atomic mass is 9.74. The molecule has 1 aliphatic heterocycles. The van der Waals surface area contributed by atoms with E-state index in [1.54, 1.807) is 0 Å². The van der Waals surface area contributed by atoms with Crippen molar-refractivity contribution in [2.45, 2.75) is 64.4 Å². The fourth-order valence-corrected chi connectivity index (χ4v) is 3.31. The van der Waals surface area contributed by atoms with Crippen molar-refractivity contribution in [2.75, 3.05) is 6.61 Å². The predicted molar refractivity (Wildman–Crippen MR) is 64.3 cm³/mol. The van der Waals surface area contributed by atoms with Gasteiger partial charge in [0.2, 0.25) is 0 Å². The molecule has 2 aliphatic rings. The van der Waals surface area contributed by atoms with Gasteiger partial charge in [-0.05, 0) is 38.5 Å². The third-order valence-corrected chi connectivity index (χ3v) is 4.47. The van der Waals surface area contributed by atoms with E-state index >= 15 is 0 Å². The van der Waals surface area contributed by atoms with Gasteiger partial charge in [-0.2, -0.15) is 0 Å². The largest absolute Gasteiger partial charge is 0.367 e. The van der Waals surface area contributed by atoms with E-state index in [1.807, 2.05) is 6.92 Å². The molecule has 3 unspecified atom stereocenters. The van der Waals surface area contributed by atoms with Crippen LogP contribution >= 0.6 is 0 Å². The van der Waals surface area contributed by atoms with Gasteiger partial charge < -0.3 is 4.74 Å². The summed E-state index contributed by atoms with van der Waals surface area (Å²) in [6, 6.07) is 0. The normalized spacial score (nSPS) is 39.9. The maximum absolute atomic E-state index is 12.5. The lowest BCUT2D eigenvalue weighted by molar-refractivity contribution is -0.143. The van der Waals surface area contributed by atoms with E-state index in [0.717, 1.165) is 38.2 Å². The number of ketones is 1. The lowest BCUT2D eigenvalue weighted by Crippen LogP contribution is -2.40. The van der Waals surface area contributed by atoms with Gasteiger partial charge in [-0.3, -0.25) is 4.79 Å². The molecule has 3 atom stereocenters. The Labute approximate surface area is 98.7 Å². The standard InChI is InChI=1S/C14H24O2/c1-3-11-6-4-7-12(10-11)13(15)14(2)8-5-9-16-14/h11-12H,3-10H2,1-2H3. The van der Waals surface area contributed by atoms with E-state index in [9.17, 15) is 4.79 Å². The first kappa shape index (κ1) is 12.1. The van der Waals surface area contributed by atoms with Gasteiger partial charge in [0.05, 0.1) is 0 Å². The summed E-state index contributed by atoms with van der Waals surface area (Å²) in [4.78, 5) is 12.5. The molecule has 0 aromatic heterocycles. The van der Waals surface area contributed by atoms with Crippen LogP contribution < -0.4 is 0 Å². The van der Waals surface area contributed by atoms with Crippen LogP contribution in [-0.2, 0) is 9.53 Å². The van der Waals surface area contributed by atoms with Crippen molar-refractivity contribution in [3.05, 3.63) is 0 Å². The summed E-state index contributed by atoms with van der Waals surface area (Å²) < 4.78 is 5.67. The quantitative estimate of drug-likeness (QED) is 0.735. The molecule has 2 nitrogen and oxygen atoms in total. The summed E-state index contributed by atoms with van der Waals surface area (Å²) in [6.07, 6.45) is 7.94. The first-order valence-electron chi connectivity index (χ1n) is 6.84. The maximum atomic E-state index is 12.5. The average molecular weight is 224 g/mol. The topological polar surface area (TPSA) is 26.3 Å². The van der Waals surface area contributed by atoms with Gasteiger partial charge in [0.15, 0.2) is 5.78 Å². The van der Waals surface area contributed by atoms with Crippen LogP contribution in [-0.4, -0.2) is 18.0 Å². The summed E-state index contributed by atoms with van der Waals surface area (Å²) in [5.74, 6) is 1.44. The van der Waals surface area contributed by atoms with Gasteiger partial charge in [-0.25, -0.2) is 0 Å². The molecular formula is C14H24O2. The molecule has 0 aromatic rings. The van der Waals surface area contributed by atoms with Crippen LogP contribution in [0.3, 0.4) is 0 Å². The number of hydrogen-bond donors (Lipinski definition) is 0. The summed E-state index contributed by atoms with van der Waals surface area (Å²) in [5.41, 5.74) is -0.444. The Morgan fingerprint density at radius 1 is 1.38 bits per heavy atom. The Balaban J connectivity index is 1.98. The molecule has 2 fully saturated rings. The monoisotopic (exact) mass is 224 g/mol. The van der Waals surface area contributed by atoms with Gasteiger partial charge in [0.25, 0.3) is 0 Å². The van der Waals surface area contributed by atoms with Crippen molar-refractivity contribution in [2.24, 2.45) is 11.8 Å². The molecule has 0 aromatic carbocycles. The van der Waals surface area contributed by atoms with E-state index in [2.05, 4.69) is 6.92 Å². The van der Waals surface area contributed by atoms with Crippen LogP contribution in [0.5, 0.6) is 0 Å². The van der Waals surface area contributed by atoms with Gasteiger partial charge in [-0.1, -0.05) is 26.2 Å². The minimum absolute atomic E-state index is 0.279. The number of carbonyl (C=O) groups is 1. The highest BCUT2D eigenvalue weighted by Crippen LogP contribution is 2.37. The highest BCUT2D eigenvalue weighted by atomic mass is 16.5. The van der Waals surface area contributed by atoms with E-state index < -0.39 is 5.60 Å². The van der Waals surface area contributed by atoms with Crippen molar-refractivity contribution < 1.29 is 9.53 Å². The van der Waals surface area contributed by atoms with Crippen molar-refractivity contribution in [1.82, 2.24) is 0 Å². The fraction of sp³-hybridized carbons (Fsp3) is 0.929. The summed E-state index contributed by atoms with van der Waals surface area (Å²) in [6.45, 7) is 5.01. The van der Waals surface area contributed by atoms with Crippen LogP contribution in [0.15, 0.2) is 0 Å². The van der Waals surface area contributed by atoms with Crippen molar-refractivity contribution >= 4 is 5.78 Å². The second kappa shape index (κ2) is 4.87. The van der Waals surface area contributed by atoms with Crippen LogP contribution in [0.25, 0.3) is 0 Å². The molecule has 16 heavy (non-hydrogen) atoms. The molecule has 0 N–H and O–H groups in total. The molecule has 0 spiro atoms. The molecule has 1 saturated heterocycles. The molecule has 1 heterocycles. The van der Waals surface area contributed by atoms with Crippen molar-refractivity contribution in [3.63, 3.8) is 0 Å². The van der Waals surface area contributed by atoms with Crippen LogP contribution in [0.4, 0.5) is 0 Å². The number of Topliss-reactive ketones (excluding diaryl/α,β-unsaturated/α-hetero) is 1. The summed E-state index contributed by atoms with van der Waals surface area (Å²) >= 11 is 0. The molecular weight excluding hydrogens is 200 g/mol. The second-order valence-corrected chi connectivity index (χ2v) is 5.68. The Morgan fingerprint density at radius 3 is 2.81 bits per heavy atom. The van der Waals surface area contributed by atoms with E-state index in [-0.39, 0.29) is 5.92 Å². The number of carbonyl (C=O) groups excluding carboxylic acids is 1. The molecule has 1 saturated carbocycles. The second-order valence-electron chi connectivity index (χ2n) is 5.68. The van der Waals surface area contributed by atoms with Crippen molar-refractivity contribution in [1.29, 1.82) is 0 Å². The number of rotatable bonds is 3. The zero-order chi connectivity index (χ0) is 11.6. The maximum Gasteiger partial charge on any atom is 0.167 e. The Morgan fingerprint density at radius 2 is 2.19 bits per heavy atom. The van der Waals surface area contributed by atoms with E-state index in [0.29, 0.717) is 5.78 Å². The zero-order valence-electron chi connectivity index (χ0n) is 10.6.